The first kappa shape index (κ1) is 18.3. The van der Waals surface area contributed by atoms with Crippen LogP contribution >= 0.6 is 0 Å². The molecule has 2 aliphatic rings. The Hall–Kier alpha value is -2.50. The van der Waals surface area contributed by atoms with E-state index in [2.05, 4.69) is 24.5 Å². The van der Waals surface area contributed by atoms with Crippen LogP contribution in [0.15, 0.2) is 40.7 Å². The fraction of sp³-hybridized carbons (Fsp3) is 0.500. The third-order valence-electron chi connectivity index (χ3n) is 4.63. The number of benzene rings is 1. The number of rotatable bonds is 4. The van der Waals surface area contributed by atoms with Crippen molar-refractivity contribution in [1.82, 2.24) is 10.6 Å². The lowest BCUT2D eigenvalue weighted by Crippen LogP contribution is -2.53. The molecule has 0 spiro atoms. The van der Waals surface area contributed by atoms with Gasteiger partial charge in [0.25, 0.3) is 0 Å². The second-order valence-corrected chi connectivity index (χ2v) is 7.46. The van der Waals surface area contributed by atoms with E-state index in [1.807, 2.05) is 31.2 Å². The molecule has 1 heterocycles. The van der Waals surface area contributed by atoms with Gasteiger partial charge < -0.3 is 20.1 Å². The molecule has 140 valence electrons. The highest BCUT2D eigenvalue weighted by Gasteiger charge is 2.36. The van der Waals surface area contributed by atoms with Crippen molar-refractivity contribution in [3.63, 3.8) is 0 Å². The van der Waals surface area contributed by atoms with E-state index in [0.29, 0.717) is 13.2 Å². The smallest absolute Gasteiger partial charge is 0.330 e. The van der Waals surface area contributed by atoms with Crippen molar-refractivity contribution in [2.45, 2.75) is 39.7 Å². The molecule has 0 aromatic heterocycles. The number of hydrogen-bond acceptors (Lipinski definition) is 6. The van der Waals surface area contributed by atoms with Crippen LogP contribution in [-0.2, 0) is 9.53 Å². The predicted molar refractivity (Wildman–Crippen MR) is 102 cm³/mol. The van der Waals surface area contributed by atoms with Gasteiger partial charge in [0.1, 0.15) is 11.8 Å². The van der Waals surface area contributed by atoms with Crippen molar-refractivity contribution < 1.29 is 14.3 Å². The Labute approximate surface area is 154 Å². The van der Waals surface area contributed by atoms with Gasteiger partial charge in [0.15, 0.2) is 0 Å². The van der Waals surface area contributed by atoms with E-state index in [1.54, 1.807) is 7.11 Å². The van der Waals surface area contributed by atoms with E-state index in [1.165, 1.54) is 0 Å². The monoisotopic (exact) mass is 357 g/mol. The number of methoxy groups -OCH3 is 1. The first-order chi connectivity index (χ1) is 12.4. The normalized spacial score (nSPS) is 22.9. The lowest BCUT2D eigenvalue weighted by atomic mass is 9.76. The minimum absolute atomic E-state index is 0.0648. The van der Waals surface area contributed by atoms with Gasteiger partial charge in [-0.1, -0.05) is 13.8 Å². The van der Waals surface area contributed by atoms with Gasteiger partial charge in [-0.3, -0.25) is 4.99 Å². The predicted octanol–water partition coefficient (Wildman–Crippen LogP) is 2.92. The zero-order chi connectivity index (χ0) is 18.7. The van der Waals surface area contributed by atoms with Gasteiger partial charge in [-0.25, -0.2) is 4.79 Å². The van der Waals surface area contributed by atoms with Crippen LogP contribution in [0.1, 0.15) is 33.6 Å². The number of carbonyl (C=O) groups excluding carboxylic acids is 1. The summed E-state index contributed by atoms with van der Waals surface area (Å²) in [5.74, 6) is 0.594. The highest BCUT2D eigenvalue weighted by atomic mass is 16.5. The molecule has 2 N–H and O–H groups in total. The third kappa shape index (κ3) is 4.00. The number of esters is 1. The maximum absolute atomic E-state index is 12.1. The van der Waals surface area contributed by atoms with Crippen LogP contribution in [-0.4, -0.2) is 38.0 Å². The molecule has 1 atom stereocenters. The van der Waals surface area contributed by atoms with Crippen molar-refractivity contribution in [3.8, 4) is 5.75 Å². The summed E-state index contributed by atoms with van der Waals surface area (Å²) in [5.41, 5.74) is 4.02. The average Bonchev–Trinajstić information content (AvgIpc) is 2.61. The van der Waals surface area contributed by atoms with Crippen molar-refractivity contribution in [1.29, 1.82) is 0 Å². The van der Waals surface area contributed by atoms with E-state index >= 15 is 0 Å². The summed E-state index contributed by atoms with van der Waals surface area (Å²) in [5, 5.41) is 6.77. The highest BCUT2D eigenvalue weighted by Crippen LogP contribution is 2.37. The van der Waals surface area contributed by atoms with Gasteiger partial charge >= 0.3 is 5.97 Å². The van der Waals surface area contributed by atoms with Gasteiger partial charge in [0.2, 0.25) is 0 Å². The maximum atomic E-state index is 12.1. The Morgan fingerprint density at radius 1 is 1.27 bits per heavy atom. The number of allylic oxidation sites excluding steroid dienone is 2. The fourth-order valence-corrected chi connectivity index (χ4v) is 3.44. The SMILES string of the molecule is CCOC(=O)C1CNC2=C(CC(C)(C)C/C2=N\c2ccc(OC)cc2)N1. The Bertz CT molecular complexity index is 735. The molecule has 1 aromatic carbocycles. The zero-order valence-electron chi connectivity index (χ0n) is 15.9. The molecule has 0 bridgehead atoms. The standard InChI is InChI=1S/C20H27N3O3/c1-5-26-19(24)17-12-21-18-15(10-20(2,3)11-16(18)23-17)22-13-6-8-14(25-4)9-7-13/h6-9,17,21,23H,5,10-12H2,1-4H3/b22-15+. The molecule has 1 aliphatic carbocycles. The minimum Gasteiger partial charge on any atom is -0.497 e. The lowest BCUT2D eigenvalue weighted by molar-refractivity contribution is -0.145. The summed E-state index contributed by atoms with van der Waals surface area (Å²) in [4.78, 5) is 16.9. The number of carbonyl (C=O) groups is 1. The topological polar surface area (TPSA) is 72.0 Å². The molecule has 26 heavy (non-hydrogen) atoms. The van der Waals surface area contributed by atoms with Crippen LogP contribution in [0.5, 0.6) is 5.75 Å². The Balaban J connectivity index is 1.89. The molecule has 1 unspecified atom stereocenters. The molecule has 0 saturated carbocycles. The van der Waals surface area contributed by atoms with Crippen LogP contribution in [0.25, 0.3) is 0 Å². The van der Waals surface area contributed by atoms with Crippen molar-refractivity contribution in [3.05, 3.63) is 35.7 Å². The molecule has 3 rings (SSSR count). The van der Waals surface area contributed by atoms with E-state index in [0.717, 1.165) is 41.4 Å². The van der Waals surface area contributed by atoms with Crippen LogP contribution in [0.2, 0.25) is 0 Å². The van der Waals surface area contributed by atoms with Gasteiger partial charge in [-0.15, -0.1) is 0 Å². The minimum atomic E-state index is -0.357. The van der Waals surface area contributed by atoms with Gasteiger partial charge in [0.05, 0.1) is 30.8 Å². The number of nitrogens with zero attached hydrogens (tertiary/aromatic N) is 1. The van der Waals surface area contributed by atoms with Crippen molar-refractivity contribution in [2.24, 2.45) is 10.4 Å². The third-order valence-corrected chi connectivity index (χ3v) is 4.63. The van der Waals surface area contributed by atoms with E-state index in [4.69, 9.17) is 14.5 Å². The number of nitrogens with one attached hydrogen (secondary N) is 2. The number of ether oxygens (including phenoxy) is 2. The Morgan fingerprint density at radius 3 is 2.65 bits per heavy atom. The Kier molecular flexibility index (Phi) is 5.20. The maximum Gasteiger partial charge on any atom is 0.330 e. The van der Waals surface area contributed by atoms with Gasteiger partial charge in [0, 0.05) is 12.2 Å². The summed E-state index contributed by atoms with van der Waals surface area (Å²) in [6.45, 7) is 7.15. The number of hydrogen-bond donors (Lipinski definition) is 2. The molecule has 1 aliphatic heterocycles. The molecular formula is C20H27N3O3. The van der Waals surface area contributed by atoms with E-state index in [-0.39, 0.29) is 17.4 Å². The van der Waals surface area contributed by atoms with Crippen LogP contribution in [0.3, 0.4) is 0 Å². The zero-order valence-corrected chi connectivity index (χ0v) is 15.9. The molecule has 0 amide bonds. The van der Waals surface area contributed by atoms with Crippen molar-refractivity contribution in [2.75, 3.05) is 20.3 Å². The first-order valence-corrected chi connectivity index (χ1v) is 9.04. The molecule has 0 fully saturated rings. The van der Waals surface area contributed by atoms with Gasteiger partial charge in [-0.05, 0) is 49.4 Å². The molecule has 1 aromatic rings. The molecule has 0 radical (unpaired) electrons. The quantitative estimate of drug-likeness (QED) is 0.811. The summed E-state index contributed by atoms with van der Waals surface area (Å²) in [6, 6.07) is 7.36. The second kappa shape index (κ2) is 7.40. The number of aliphatic imine (C=N–C) groups is 1. The van der Waals surface area contributed by atoms with Crippen LogP contribution < -0.4 is 15.4 Å². The van der Waals surface area contributed by atoms with E-state index in [9.17, 15) is 4.79 Å². The summed E-state index contributed by atoms with van der Waals surface area (Å²) in [6.07, 6.45) is 1.74. The highest BCUT2D eigenvalue weighted by molar-refractivity contribution is 6.03. The molecular weight excluding hydrogens is 330 g/mol. The van der Waals surface area contributed by atoms with E-state index < -0.39 is 0 Å². The lowest BCUT2D eigenvalue weighted by Gasteiger charge is -2.39. The largest absolute Gasteiger partial charge is 0.497 e. The van der Waals surface area contributed by atoms with Crippen LogP contribution in [0.4, 0.5) is 5.69 Å². The summed E-state index contributed by atoms with van der Waals surface area (Å²) >= 11 is 0. The Morgan fingerprint density at radius 2 is 2.00 bits per heavy atom. The first-order valence-electron chi connectivity index (χ1n) is 9.04. The van der Waals surface area contributed by atoms with Crippen LogP contribution in [0, 0.1) is 5.41 Å². The average molecular weight is 357 g/mol. The summed E-state index contributed by atoms with van der Waals surface area (Å²) < 4.78 is 10.4. The molecule has 6 nitrogen and oxygen atoms in total. The van der Waals surface area contributed by atoms with Gasteiger partial charge in [-0.2, -0.15) is 0 Å². The molecule has 6 heteroatoms. The molecule has 0 saturated heterocycles. The van der Waals surface area contributed by atoms with Crippen molar-refractivity contribution >= 4 is 17.4 Å². The summed E-state index contributed by atoms with van der Waals surface area (Å²) in [7, 11) is 1.65. The fourth-order valence-electron chi connectivity index (χ4n) is 3.44. The second-order valence-electron chi connectivity index (χ2n) is 7.46.